The van der Waals surface area contributed by atoms with E-state index in [4.69, 9.17) is 9.98 Å². The van der Waals surface area contributed by atoms with E-state index in [2.05, 4.69) is 107 Å². The lowest BCUT2D eigenvalue weighted by molar-refractivity contribution is 0.578. The molecule has 2 aromatic rings. The van der Waals surface area contributed by atoms with E-state index in [-0.39, 0.29) is 12.1 Å². The van der Waals surface area contributed by atoms with E-state index in [1.807, 2.05) is 6.92 Å². The lowest BCUT2D eigenvalue weighted by Crippen LogP contribution is -2.29. The van der Waals surface area contributed by atoms with Crippen molar-refractivity contribution in [3.8, 4) is 0 Å². The molecule has 242 valence electrons. The molecule has 2 N–H and O–H groups in total. The molecule has 4 heterocycles. The molecule has 0 amide bonds. The summed E-state index contributed by atoms with van der Waals surface area (Å²) in [5.41, 5.74) is 9.80. The van der Waals surface area contributed by atoms with Gasteiger partial charge < -0.3 is 20.4 Å². The van der Waals surface area contributed by atoms with E-state index in [1.165, 1.54) is 49.9 Å². The van der Waals surface area contributed by atoms with Crippen LogP contribution in [0, 0.1) is 0 Å². The van der Waals surface area contributed by atoms with Crippen molar-refractivity contribution >= 4 is 52.2 Å². The number of aliphatic imine (C=N–C) groups is 4. The van der Waals surface area contributed by atoms with E-state index < -0.39 is 0 Å². The van der Waals surface area contributed by atoms with Gasteiger partial charge in [0.1, 0.15) is 18.0 Å². The molecule has 8 heteroatoms. The molecule has 4 aliphatic heterocycles. The van der Waals surface area contributed by atoms with Gasteiger partial charge in [-0.15, -0.1) is 0 Å². The fraction of sp³-hybridized carbons (Fsp3) is 0.474. The third-order valence-electron chi connectivity index (χ3n) is 8.88. The van der Waals surface area contributed by atoms with Crippen molar-refractivity contribution in [2.45, 2.75) is 91.6 Å². The zero-order valence-electron chi connectivity index (χ0n) is 28.3. The lowest BCUT2D eigenvalue weighted by Gasteiger charge is -2.30. The molecule has 6 rings (SSSR count). The first-order chi connectivity index (χ1) is 22.3. The minimum Gasteiger partial charge on any atom is -0.382 e. The Bertz CT molecular complexity index is 1590. The molecule has 2 bridgehead atoms. The van der Waals surface area contributed by atoms with Gasteiger partial charge in [0.05, 0.1) is 11.4 Å². The number of anilines is 4. The zero-order chi connectivity index (χ0) is 32.0. The van der Waals surface area contributed by atoms with Crippen molar-refractivity contribution in [3.63, 3.8) is 0 Å². The van der Waals surface area contributed by atoms with Gasteiger partial charge in [-0.25, -0.2) is 20.0 Å². The van der Waals surface area contributed by atoms with Gasteiger partial charge in [-0.2, -0.15) is 0 Å². The summed E-state index contributed by atoms with van der Waals surface area (Å²) in [6.45, 7) is 15.1. The van der Waals surface area contributed by atoms with Gasteiger partial charge in [0.25, 0.3) is 0 Å². The Hall–Kier alpha value is -4.20. The molecule has 0 atom stereocenters. The van der Waals surface area contributed by atoms with Gasteiger partial charge >= 0.3 is 0 Å². The minimum atomic E-state index is 0.282. The summed E-state index contributed by atoms with van der Waals surface area (Å²) in [7, 11) is 0. The van der Waals surface area contributed by atoms with Crippen molar-refractivity contribution in [2.24, 2.45) is 20.0 Å². The summed E-state index contributed by atoms with van der Waals surface area (Å²) >= 11 is 0. The minimum absolute atomic E-state index is 0.282. The number of hydrogen-bond acceptors (Lipinski definition) is 8. The average molecular weight is 619 g/mol. The van der Waals surface area contributed by atoms with Crippen LogP contribution in [0.5, 0.6) is 0 Å². The topological polar surface area (TPSA) is 80.0 Å². The number of piperidine rings is 2. The van der Waals surface area contributed by atoms with Gasteiger partial charge in [-0.1, -0.05) is 0 Å². The summed E-state index contributed by atoms with van der Waals surface area (Å²) in [6, 6.07) is 14.1. The third-order valence-corrected chi connectivity index (χ3v) is 8.88. The van der Waals surface area contributed by atoms with Gasteiger partial charge in [-0.05, 0) is 127 Å². The molecule has 46 heavy (non-hydrogen) atoms. The number of benzene rings is 2. The molecule has 0 unspecified atom stereocenters. The second kappa shape index (κ2) is 14.5. The van der Waals surface area contributed by atoms with Crippen LogP contribution in [-0.2, 0) is 0 Å². The van der Waals surface area contributed by atoms with Crippen molar-refractivity contribution in [1.29, 1.82) is 0 Å². The standard InChI is InChI=1S/C38H50N8/c1-26(2)41-36-23-30(45-16-8-6-9-17-45)12-14-32(36)34-20-29-21-35(44-38(22-29)40-25-39-28(5)43-34)33-15-13-31(24-37(33)42-27(3)4)46-18-10-7-11-19-46/h12-15,20-21,23-27,41-42H,6-11,16-19,22H2,1-5H3/b29-20?,34-20-,39-25-,39-28?,40-25?,40-38-,43-28-,43-34?. The Morgan fingerprint density at radius 1 is 0.674 bits per heavy atom. The summed E-state index contributed by atoms with van der Waals surface area (Å²) in [5.74, 6) is 1.41. The fourth-order valence-corrected chi connectivity index (χ4v) is 6.72. The van der Waals surface area contributed by atoms with Gasteiger partial charge in [0.15, 0.2) is 0 Å². The predicted molar refractivity (Wildman–Crippen MR) is 199 cm³/mol. The number of nitrogens with zero attached hydrogens (tertiary/aromatic N) is 6. The first-order valence-electron chi connectivity index (χ1n) is 17.3. The molecular weight excluding hydrogens is 568 g/mol. The van der Waals surface area contributed by atoms with Gasteiger partial charge in [-0.3, -0.25) is 0 Å². The number of dihydropyridines is 1. The molecule has 8 nitrogen and oxygen atoms in total. The summed E-state index contributed by atoms with van der Waals surface area (Å²) in [5, 5.41) is 7.43. The van der Waals surface area contributed by atoms with Crippen LogP contribution >= 0.6 is 0 Å². The van der Waals surface area contributed by atoms with Crippen LogP contribution in [0.3, 0.4) is 0 Å². The SMILES string of the molecule is CC1=N/C(c2ccc(N3CCCCC3)cc2NC(C)C)=C\C2=CC(c3ccc(N4CCCCC4)cc3NC(C)C)=N\C(=N/C=N\1)C2. The average Bonchev–Trinajstić information content (AvgIpc) is 3.04. The predicted octanol–water partition coefficient (Wildman–Crippen LogP) is 8.33. The summed E-state index contributed by atoms with van der Waals surface area (Å²) in [4.78, 5) is 24.4. The van der Waals surface area contributed by atoms with Gasteiger partial charge in [0, 0.05) is 78.6 Å². The van der Waals surface area contributed by atoms with Gasteiger partial charge in [0.2, 0.25) is 0 Å². The molecule has 4 aliphatic rings. The van der Waals surface area contributed by atoms with E-state index in [9.17, 15) is 0 Å². The molecule has 0 spiro atoms. The largest absolute Gasteiger partial charge is 0.382 e. The Morgan fingerprint density at radius 2 is 1.24 bits per heavy atom. The van der Waals surface area contributed by atoms with E-state index in [0.29, 0.717) is 12.3 Å². The highest BCUT2D eigenvalue weighted by atomic mass is 15.1. The van der Waals surface area contributed by atoms with Crippen molar-refractivity contribution in [1.82, 2.24) is 0 Å². The zero-order valence-corrected chi connectivity index (χ0v) is 28.3. The van der Waals surface area contributed by atoms with Crippen molar-refractivity contribution in [3.05, 3.63) is 65.3 Å². The molecule has 2 aromatic carbocycles. The maximum atomic E-state index is 5.06. The van der Waals surface area contributed by atoms with Crippen LogP contribution < -0.4 is 20.4 Å². The number of fused-ring (bicyclic) bond motifs is 2. The molecular formula is C38H50N8. The van der Waals surface area contributed by atoms with E-state index >= 15 is 0 Å². The van der Waals surface area contributed by atoms with Crippen LogP contribution in [0.15, 0.2) is 74.1 Å². The maximum Gasteiger partial charge on any atom is 0.135 e. The Labute approximate surface area is 275 Å². The van der Waals surface area contributed by atoms with Crippen molar-refractivity contribution < 1.29 is 0 Å². The van der Waals surface area contributed by atoms with Crippen LogP contribution in [-0.4, -0.2) is 62.0 Å². The number of hydrogen-bond donors (Lipinski definition) is 2. The Balaban J connectivity index is 1.41. The summed E-state index contributed by atoms with van der Waals surface area (Å²) < 4.78 is 0. The van der Waals surface area contributed by atoms with Crippen LogP contribution in [0.2, 0.25) is 0 Å². The number of allylic oxidation sites excluding steroid dienone is 2. The maximum absolute atomic E-state index is 5.06. The smallest absolute Gasteiger partial charge is 0.135 e. The lowest BCUT2D eigenvalue weighted by atomic mass is 9.97. The monoisotopic (exact) mass is 618 g/mol. The van der Waals surface area contributed by atoms with Crippen molar-refractivity contribution in [2.75, 3.05) is 46.6 Å². The quantitative estimate of drug-likeness (QED) is 0.312. The highest BCUT2D eigenvalue weighted by molar-refractivity contribution is 6.20. The second-order valence-corrected chi connectivity index (χ2v) is 13.5. The van der Waals surface area contributed by atoms with E-state index in [0.717, 1.165) is 71.5 Å². The normalized spacial score (nSPS) is 23.0. The molecule has 2 saturated heterocycles. The van der Waals surface area contributed by atoms with Crippen LogP contribution in [0.25, 0.3) is 5.70 Å². The fourth-order valence-electron chi connectivity index (χ4n) is 6.72. The number of rotatable bonds is 8. The second-order valence-electron chi connectivity index (χ2n) is 13.5. The highest BCUT2D eigenvalue weighted by Crippen LogP contribution is 2.34. The van der Waals surface area contributed by atoms with E-state index in [1.54, 1.807) is 6.34 Å². The molecule has 2 fully saturated rings. The molecule has 0 aliphatic carbocycles. The summed E-state index contributed by atoms with van der Waals surface area (Å²) in [6.07, 6.45) is 14.3. The Morgan fingerprint density at radius 3 is 1.83 bits per heavy atom. The number of amidine groups is 2. The Kier molecular flexibility index (Phi) is 10.0. The molecule has 0 aromatic heterocycles. The third kappa shape index (κ3) is 7.77. The molecule has 0 radical (unpaired) electrons. The van der Waals surface area contributed by atoms with Crippen LogP contribution in [0.1, 0.15) is 90.7 Å². The van der Waals surface area contributed by atoms with Crippen LogP contribution in [0.4, 0.5) is 22.7 Å². The molecule has 0 saturated carbocycles. The first-order valence-corrected chi connectivity index (χ1v) is 17.3. The highest BCUT2D eigenvalue weighted by Gasteiger charge is 2.21. The number of nitrogens with one attached hydrogen (secondary N) is 2. The first kappa shape index (κ1) is 31.8.